The maximum Gasteiger partial charge on any atom is 0.161 e. The molecule has 0 amide bonds. The molecule has 8 aliphatic heterocycles. The van der Waals surface area contributed by atoms with Gasteiger partial charge in [0.25, 0.3) is 0 Å². The highest BCUT2D eigenvalue weighted by Gasteiger charge is 2.29. The van der Waals surface area contributed by atoms with Gasteiger partial charge >= 0.3 is 0 Å². The molecule has 8 heterocycles. The molecule has 8 aliphatic rings. The Morgan fingerprint density at radius 2 is 0.472 bits per heavy atom. The molecule has 0 saturated carbocycles. The molecule has 6 aromatic carbocycles. The van der Waals surface area contributed by atoms with Gasteiger partial charge in [-0.3, -0.25) is 0 Å². The van der Waals surface area contributed by atoms with Crippen molar-refractivity contribution in [3.8, 4) is 46.0 Å². The summed E-state index contributed by atoms with van der Waals surface area (Å²) in [6.45, 7) is 11.3. The Morgan fingerprint density at radius 3 is 0.778 bits per heavy atom. The predicted octanol–water partition coefficient (Wildman–Crippen LogP) is 7.27. The summed E-state index contributed by atoms with van der Waals surface area (Å²) in [5, 5.41) is 4.29. The van der Waals surface area contributed by atoms with Gasteiger partial charge in [-0.15, -0.1) is 0 Å². The van der Waals surface area contributed by atoms with Crippen molar-refractivity contribution < 1.29 is 75.8 Å². The van der Waals surface area contributed by atoms with Crippen LogP contribution in [-0.4, -0.2) is 155 Å². The summed E-state index contributed by atoms with van der Waals surface area (Å²) >= 11 is 0. The molecule has 8 fully saturated rings. The van der Waals surface area contributed by atoms with Gasteiger partial charge in [0.15, 0.2) is 11.5 Å². The van der Waals surface area contributed by atoms with Gasteiger partial charge in [-0.05, 0) is 48.5 Å². The number of epoxide rings is 8. The third kappa shape index (κ3) is 15.7. The molecule has 0 aromatic heterocycles. The van der Waals surface area contributed by atoms with E-state index in [4.69, 9.17) is 75.8 Å². The van der Waals surface area contributed by atoms with Crippen molar-refractivity contribution in [1.29, 1.82) is 0 Å². The standard InChI is InChI=1S/2C16H16O4.2C12H14O4/c1-3-13-14(15(5-1)19-9-11-7-17-11)4-2-6-16(13)20-10-12-8-18-12;1-2-4-14-13(3-1)15(19-9-11-7-17-11)5-6-16(14)20-10-12-8-18-12;1-2-9(13-5-11-7-15-11)4-10(3-1)14-6-12-8-16-12;1-2-4-12(16-8-10-6-14-10)11(3-1)15-7-9-5-13-9/h2*1-6,11-12H,7-10H2;1-4,11-12H,5-8H2;1-4,9-10H,5-8H2. The van der Waals surface area contributed by atoms with Crippen LogP contribution in [-0.2, 0) is 37.9 Å². The fourth-order valence-electron chi connectivity index (χ4n) is 7.13. The van der Waals surface area contributed by atoms with Gasteiger partial charge in [-0.1, -0.05) is 66.7 Å². The van der Waals surface area contributed by atoms with Gasteiger partial charge in [0.2, 0.25) is 0 Å². The molecule has 0 bridgehead atoms. The molecule has 8 atom stereocenters. The first-order chi connectivity index (χ1) is 35.6. The van der Waals surface area contributed by atoms with Crippen molar-refractivity contribution in [2.24, 2.45) is 0 Å². The average molecular weight is 989 g/mol. The third-order valence-electron chi connectivity index (χ3n) is 12.0. The maximum absolute atomic E-state index is 5.83. The highest BCUT2D eigenvalue weighted by Crippen LogP contribution is 2.36. The highest BCUT2D eigenvalue weighted by molar-refractivity contribution is 5.94. The van der Waals surface area contributed by atoms with E-state index in [0.717, 1.165) is 120 Å². The van der Waals surface area contributed by atoms with Crippen LogP contribution in [0.25, 0.3) is 21.5 Å². The van der Waals surface area contributed by atoms with Gasteiger partial charge < -0.3 is 75.8 Å². The van der Waals surface area contributed by atoms with E-state index in [2.05, 4.69) is 24.3 Å². The van der Waals surface area contributed by atoms with Crippen LogP contribution < -0.4 is 37.9 Å². The summed E-state index contributed by atoms with van der Waals surface area (Å²) in [6.07, 6.45) is 2.13. The number of benzene rings is 6. The Hall–Kier alpha value is -6.08. The first-order valence-electron chi connectivity index (χ1n) is 24.8. The van der Waals surface area contributed by atoms with Gasteiger partial charge in [0.05, 0.1) is 52.9 Å². The van der Waals surface area contributed by atoms with Crippen LogP contribution in [0.2, 0.25) is 0 Å². The smallest absolute Gasteiger partial charge is 0.161 e. The van der Waals surface area contributed by atoms with E-state index in [9.17, 15) is 0 Å². The van der Waals surface area contributed by atoms with Crippen molar-refractivity contribution in [3.05, 3.63) is 121 Å². The Balaban J connectivity index is 0.000000104. The summed E-state index contributed by atoms with van der Waals surface area (Å²) in [5.41, 5.74) is 0. The average Bonchev–Trinajstić information content (AvgIpc) is 4.24. The van der Waals surface area contributed by atoms with E-state index in [-0.39, 0.29) is 48.8 Å². The highest BCUT2D eigenvalue weighted by atomic mass is 16.6. The molecule has 6 aromatic rings. The van der Waals surface area contributed by atoms with Gasteiger partial charge in [0, 0.05) is 27.6 Å². The van der Waals surface area contributed by atoms with Crippen LogP contribution in [0.1, 0.15) is 0 Å². The number of hydrogen-bond acceptors (Lipinski definition) is 16. The Kier molecular flexibility index (Phi) is 15.8. The number of ether oxygens (including phenoxy) is 16. The molecule has 72 heavy (non-hydrogen) atoms. The lowest BCUT2D eigenvalue weighted by molar-refractivity contribution is 0.228. The minimum absolute atomic E-state index is 0.261. The SMILES string of the molecule is c1cc(OCC2CO2)c2cccc(OCC3CO3)c2c1.c1cc(OCC2CO2)cc(OCC2CO2)c1.c1ccc(OCC2CO2)c(OCC2CO2)c1.c1ccc2c(OCC3CO3)ccc(OCC3CO3)c2c1. The van der Waals surface area contributed by atoms with E-state index in [1.807, 2.05) is 97.1 Å². The minimum Gasteiger partial charge on any atom is -0.491 e. The van der Waals surface area contributed by atoms with Crippen LogP contribution >= 0.6 is 0 Å². The number of hydrogen-bond donors (Lipinski definition) is 0. The normalized spacial score (nSPS) is 24.8. The van der Waals surface area contributed by atoms with Crippen LogP contribution in [0.15, 0.2) is 121 Å². The molecule has 8 unspecified atom stereocenters. The fourth-order valence-corrected chi connectivity index (χ4v) is 7.13. The first-order valence-corrected chi connectivity index (χ1v) is 24.8. The summed E-state index contributed by atoms with van der Waals surface area (Å²) in [4.78, 5) is 0. The number of fused-ring (bicyclic) bond motifs is 2. The van der Waals surface area contributed by atoms with Crippen LogP contribution in [0.3, 0.4) is 0 Å². The Labute approximate surface area is 418 Å². The maximum atomic E-state index is 5.83. The largest absolute Gasteiger partial charge is 0.491 e. The zero-order chi connectivity index (χ0) is 48.3. The fraction of sp³-hybridized carbons (Fsp3) is 0.429. The Bertz CT molecular complexity index is 2430. The third-order valence-corrected chi connectivity index (χ3v) is 12.0. The second-order valence-electron chi connectivity index (χ2n) is 18.3. The summed E-state index contributed by atoms with van der Waals surface area (Å²) in [7, 11) is 0. The van der Waals surface area contributed by atoms with Gasteiger partial charge in [-0.2, -0.15) is 0 Å². The molecular weight excluding hydrogens is 929 g/mol. The molecule has 14 rings (SSSR count). The minimum atomic E-state index is 0.261. The lowest BCUT2D eigenvalue weighted by atomic mass is 10.1. The molecule has 0 N–H and O–H groups in total. The van der Waals surface area contributed by atoms with Crippen LogP contribution in [0.4, 0.5) is 0 Å². The second kappa shape index (κ2) is 23.6. The van der Waals surface area contributed by atoms with Crippen molar-refractivity contribution in [1.82, 2.24) is 0 Å². The van der Waals surface area contributed by atoms with E-state index in [0.29, 0.717) is 52.9 Å². The van der Waals surface area contributed by atoms with Crippen molar-refractivity contribution in [2.75, 3.05) is 106 Å². The summed E-state index contributed by atoms with van der Waals surface area (Å²) in [6, 6.07) is 39.5. The lowest BCUT2D eigenvalue weighted by Gasteiger charge is -2.12. The molecule has 16 nitrogen and oxygen atoms in total. The van der Waals surface area contributed by atoms with Crippen LogP contribution in [0.5, 0.6) is 46.0 Å². The molecule has 380 valence electrons. The quantitative estimate of drug-likeness (QED) is 0.0553. The summed E-state index contributed by atoms with van der Waals surface area (Å²) < 4.78 is 86.7. The molecule has 8 saturated heterocycles. The topological polar surface area (TPSA) is 174 Å². The van der Waals surface area contributed by atoms with E-state index in [1.165, 1.54) is 0 Å². The molecule has 0 radical (unpaired) electrons. The first kappa shape index (κ1) is 48.2. The zero-order valence-electron chi connectivity index (χ0n) is 40.0. The van der Waals surface area contributed by atoms with Crippen molar-refractivity contribution >= 4 is 21.5 Å². The second-order valence-corrected chi connectivity index (χ2v) is 18.3. The molecule has 0 spiro atoms. The summed E-state index contributed by atoms with van der Waals surface area (Å²) in [5.74, 6) is 6.72. The van der Waals surface area contributed by atoms with E-state index in [1.54, 1.807) is 0 Å². The van der Waals surface area contributed by atoms with Crippen LogP contribution in [0, 0.1) is 0 Å². The molecule has 0 aliphatic carbocycles. The Morgan fingerprint density at radius 1 is 0.250 bits per heavy atom. The monoisotopic (exact) mass is 988 g/mol. The van der Waals surface area contributed by atoms with Crippen molar-refractivity contribution in [2.45, 2.75) is 48.8 Å². The van der Waals surface area contributed by atoms with E-state index < -0.39 is 0 Å². The van der Waals surface area contributed by atoms with E-state index >= 15 is 0 Å². The van der Waals surface area contributed by atoms with Crippen molar-refractivity contribution in [3.63, 3.8) is 0 Å². The molecular formula is C56H60O16. The number of rotatable bonds is 24. The number of para-hydroxylation sites is 2. The van der Waals surface area contributed by atoms with Gasteiger partial charge in [0.1, 0.15) is 136 Å². The zero-order valence-corrected chi connectivity index (χ0v) is 40.0. The lowest BCUT2D eigenvalue weighted by Crippen LogP contribution is -2.08. The van der Waals surface area contributed by atoms with Gasteiger partial charge in [-0.25, -0.2) is 0 Å². The predicted molar refractivity (Wildman–Crippen MR) is 263 cm³/mol. The molecule has 16 heteroatoms.